The second-order valence-corrected chi connectivity index (χ2v) is 13.2. The average molecular weight is 528 g/mol. The summed E-state index contributed by atoms with van der Waals surface area (Å²) in [6.45, 7) is 5.56. The van der Waals surface area contributed by atoms with E-state index in [9.17, 15) is 22.0 Å². The first-order valence-corrected chi connectivity index (χ1v) is 14.3. The van der Waals surface area contributed by atoms with Crippen LogP contribution >= 0.6 is 23.1 Å². The van der Waals surface area contributed by atoms with Crippen LogP contribution in [0, 0.1) is 20.8 Å². The van der Waals surface area contributed by atoms with Crippen LogP contribution in [0.3, 0.4) is 0 Å². The van der Waals surface area contributed by atoms with Crippen molar-refractivity contribution in [2.24, 2.45) is 0 Å². The number of aromatic nitrogens is 2. The van der Waals surface area contributed by atoms with Crippen molar-refractivity contribution in [1.29, 1.82) is 0 Å². The SMILES string of the molecule is Cc1ccc(S(=O)(=O)Nc2nc(=O)n3c(C)c(C)sc(SC4CCCC(F)(F)CCC4)c2-3)cc1. The van der Waals surface area contributed by atoms with E-state index in [0.717, 1.165) is 14.6 Å². The first-order valence-electron chi connectivity index (χ1n) is 11.1. The molecule has 0 spiro atoms. The maximum absolute atomic E-state index is 13.8. The van der Waals surface area contributed by atoms with E-state index in [1.165, 1.54) is 39.8 Å². The van der Waals surface area contributed by atoms with E-state index in [4.69, 9.17) is 0 Å². The van der Waals surface area contributed by atoms with Crippen LogP contribution in [0.25, 0.3) is 5.69 Å². The maximum Gasteiger partial charge on any atom is 0.354 e. The molecule has 2 heterocycles. The molecule has 0 atom stereocenters. The smallest absolute Gasteiger partial charge is 0.261 e. The molecule has 0 saturated heterocycles. The van der Waals surface area contributed by atoms with Gasteiger partial charge in [0.05, 0.1) is 9.10 Å². The Morgan fingerprint density at radius 2 is 1.74 bits per heavy atom. The molecule has 1 aromatic carbocycles. The minimum Gasteiger partial charge on any atom is -0.261 e. The number of hydrogen-bond acceptors (Lipinski definition) is 6. The molecule has 1 aromatic rings. The normalized spacial score (nSPS) is 17.4. The van der Waals surface area contributed by atoms with Gasteiger partial charge < -0.3 is 0 Å². The molecule has 0 aromatic heterocycles. The summed E-state index contributed by atoms with van der Waals surface area (Å²) in [7, 11) is -3.96. The molecule has 6 nitrogen and oxygen atoms in total. The minimum absolute atomic E-state index is 0.00944. The summed E-state index contributed by atoms with van der Waals surface area (Å²) in [5.41, 5.74) is 1.49. The highest BCUT2D eigenvalue weighted by Crippen LogP contribution is 2.43. The number of benzene rings is 1. The lowest BCUT2D eigenvalue weighted by Crippen LogP contribution is -2.21. The van der Waals surface area contributed by atoms with E-state index in [1.54, 1.807) is 19.1 Å². The molecule has 3 aliphatic rings. The number of hydrogen-bond donors (Lipinski definition) is 1. The zero-order valence-corrected chi connectivity index (χ0v) is 21.7. The predicted octanol–water partition coefficient (Wildman–Crippen LogP) is 5.91. The first-order chi connectivity index (χ1) is 16.0. The lowest BCUT2D eigenvalue weighted by Gasteiger charge is -2.25. The number of halogens is 2. The van der Waals surface area contributed by atoms with Crippen LogP contribution in [0.4, 0.5) is 14.6 Å². The average Bonchev–Trinajstić information content (AvgIpc) is 3.05. The van der Waals surface area contributed by atoms with Crippen LogP contribution in [0.15, 0.2) is 38.2 Å². The van der Waals surface area contributed by atoms with Gasteiger partial charge in [0.15, 0.2) is 5.82 Å². The summed E-state index contributed by atoms with van der Waals surface area (Å²) >= 11 is 3.00. The van der Waals surface area contributed by atoms with Gasteiger partial charge in [-0.3, -0.25) is 9.29 Å². The van der Waals surface area contributed by atoms with E-state index in [-0.39, 0.29) is 28.8 Å². The van der Waals surface area contributed by atoms with Gasteiger partial charge in [-0.25, -0.2) is 22.0 Å². The number of alkyl halides is 2. The predicted molar refractivity (Wildman–Crippen MR) is 133 cm³/mol. The number of nitrogens with one attached hydrogen (secondary N) is 1. The second kappa shape index (κ2) is 9.58. The fraction of sp³-hybridized carbons (Fsp3) is 0.478. The zero-order valence-electron chi connectivity index (χ0n) is 19.2. The third-order valence-electron chi connectivity index (χ3n) is 6.10. The summed E-state index contributed by atoms with van der Waals surface area (Å²) in [6.07, 6.45) is 1.89. The highest BCUT2D eigenvalue weighted by molar-refractivity contribution is 8.01. The second-order valence-electron chi connectivity index (χ2n) is 8.76. The fourth-order valence-electron chi connectivity index (χ4n) is 4.09. The van der Waals surface area contributed by atoms with Crippen molar-refractivity contribution in [3.63, 3.8) is 0 Å². The maximum atomic E-state index is 13.8. The van der Waals surface area contributed by atoms with Crippen LogP contribution in [0.5, 0.6) is 0 Å². The lowest BCUT2D eigenvalue weighted by molar-refractivity contribution is -0.0235. The van der Waals surface area contributed by atoms with Gasteiger partial charge in [-0.2, -0.15) is 4.98 Å². The van der Waals surface area contributed by atoms with Gasteiger partial charge in [0.1, 0.15) is 5.69 Å². The van der Waals surface area contributed by atoms with E-state index < -0.39 is 21.6 Å². The number of nitrogens with zero attached hydrogens (tertiary/aromatic N) is 2. The van der Waals surface area contributed by atoms with Crippen LogP contribution in [-0.2, 0) is 10.0 Å². The number of rotatable bonds is 5. The van der Waals surface area contributed by atoms with E-state index in [1.807, 2.05) is 13.8 Å². The molecular weight excluding hydrogens is 500 g/mol. The van der Waals surface area contributed by atoms with Crippen molar-refractivity contribution in [3.05, 3.63) is 50.9 Å². The van der Waals surface area contributed by atoms with E-state index >= 15 is 0 Å². The van der Waals surface area contributed by atoms with E-state index in [2.05, 4.69) is 9.71 Å². The third kappa shape index (κ3) is 5.31. The standard InChI is InChI=1S/C23H27F2N3O3S3/c1-14-8-10-18(11-9-14)34(30,31)27-20-19-21(32-16(3)15(2)28(19)22(29)26-20)33-17-6-4-12-23(24,25)13-5-7-17/h8-11,17H,4-7,12-13H2,1-3H3,(H,26,27,29). The number of anilines is 1. The highest BCUT2D eigenvalue weighted by atomic mass is 32.2. The number of thioether (sulfide) groups is 1. The molecule has 1 fully saturated rings. The van der Waals surface area contributed by atoms with Crippen molar-refractivity contribution in [2.45, 2.75) is 79.6 Å². The molecule has 11 heteroatoms. The van der Waals surface area contributed by atoms with Gasteiger partial charge in [-0.1, -0.05) is 17.7 Å². The van der Waals surface area contributed by atoms with Crippen molar-refractivity contribution in [2.75, 3.05) is 4.72 Å². The van der Waals surface area contributed by atoms with Gasteiger partial charge in [0, 0.05) is 28.7 Å². The molecule has 1 aliphatic carbocycles. The highest BCUT2D eigenvalue weighted by Gasteiger charge is 2.32. The lowest BCUT2D eigenvalue weighted by atomic mass is 9.97. The molecule has 0 unspecified atom stereocenters. The first kappa shape index (κ1) is 25.1. The summed E-state index contributed by atoms with van der Waals surface area (Å²) in [5, 5.41) is 0.102. The van der Waals surface area contributed by atoms with Crippen LogP contribution in [0.1, 0.15) is 54.7 Å². The Kier molecular flexibility index (Phi) is 7.08. The molecule has 34 heavy (non-hydrogen) atoms. The minimum atomic E-state index is -3.96. The van der Waals surface area contributed by atoms with Gasteiger partial charge >= 0.3 is 5.69 Å². The molecular formula is C23H27F2N3O3S3. The quantitative estimate of drug-likeness (QED) is 0.446. The Bertz CT molecular complexity index is 1310. The number of aryl methyl sites for hydroxylation is 2. The molecule has 4 rings (SSSR count). The summed E-state index contributed by atoms with van der Waals surface area (Å²) in [6, 6.07) is 6.42. The van der Waals surface area contributed by atoms with Crippen molar-refractivity contribution in [3.8, 4) is 5.69 Å². The number of fused-ring (bicyclic) bond motifs is 1. The third-order valence-corrected chi connectivity index (χ3v) is 10.2. The van der Waals surface area contributed by atoms with E-state index in [0.29, 0.717) is 37.1 Å². The Labute approximate surface area is 206 Å². The molecule has 184 valence electrons. The van der Waals surface area contributed by atoms with Gasteiger partial charge in [-0.05, 0) is 58.6 Å². The van der Waals surface area contributed by atoms with Crippen molar-refractivity contribution in [1.82, 2.24) is 9.55 Å². The Morgan fingerprint density at radius 1 is 1.12 bits per heavy atom. The topological polar surface area (TPSA) is 81.1 Å². The molecule has 1 saturated carbocycles. The summed E-state index contributed by atoms with van der Waals surface area (Å²) in [5.74, 6) is -2.61. The van der Waals surface area contributed by atoms with Gasteiger partial charge in [0.25, 0.3) is 10.0 Å². The Hall–Kier alpha value is -1.98. The Morgan fingerprint density at radius 3 is 2.35 bits per heavy atom. The van der Waals surface area contributed by atoms with Crippen molar-refractivity contribution < 1.29 is 17.2 Å². The molecule has 2 aliphatic heterocycles. The number of sulfonamides is 1. The van der Waals surface area contributed by atoms with Crippen molar-refractivity contribution >= 4 is 38.9 Å². The van der Waals surface area contributed by atoms with Gasteiger partial charge in [-0.15, -0.1) is 23.1 Å². The largest absolute Gasteiger partial charge is 0.354 e. The van der Waals surface area contributed by atoms with Crippen LogP contribution in [-0.4, -0.2) is 29.1 Å². The molecule has 0 radical (unpaired) electrons. The Balaban J connectivity index is 1.70. The monoisotopic (exact) mass is 527 g/mol. The van der Waals surface area contributed by atoms with Gasteiger partial charge in [0.2, 0.25) is 5.92 Å². The summed E-state index contributed by atoms with van der Waals surface area (Å²) in [4.78, 5) is 17.8. The van der Waals surface area contributed by atoms with Crippen LogP contribution < -0.4 is 10.4 Å². The zero-order chi connectivity index (χ0) is 24.7. The molecule has 0 amide bonds. The fourth-order valence-corrected chi connectivity index (χ4v) is 8.05. The molecule has 0 bridgehead atoms. The molecule has 1 N–H and O–H groups in total. The summed E-state index contributed by atoms with van der Waals surface area (Å²) < 4.78 is 58.3. The van der Waals surface area contributed by atoms with Crippen LogP contribution in [0.2, 0.25) is 0 Å². The number of imidazole rings is 1.